The number of esters is 4. The summed E-state index contributed by atoms with van der Waals surface area (Å²) >= 11 is 6.49. The molecule has 3 heterocycles. The van der Waals surface area contributed by atoms with Crippen LogP contribution in [-0.4, -0.2) is 69.1 Å². The summed E-state index contributed by atoms with van der Waals surface area (Å²) in [7, 11) is 0. The van der Waals surface area contributed by atoms with E-state index in [0.29, 0.717) is 21.8 Å². The van der Waals surface area contributed by atoms with Crippen LogP contribution in [0.5, 0.6) is 0 Å². The van der Waals surface area contributed by atoms with Crippen molar-refractivity contribution in [2.24, 2.45) is 0 Å². The first-order valence-corrected chi connectivity index (χ1v) is 13.0. The summed E-state index contributed by atoms with van der Waals surface area (Å²) in [5.41, 5.74) is 0.986. The molecule has 14 heteroatoms. The topological polar surface area (TPSA) is 154 Å². The number of aromatic nitrogens is 3. The van der Waals surface area contributed by atoms with Crippen molar-refractivity contribution in [1.29, 1.82) is 0 Å². The van der Waals surface area contributed by atoms with Gasteiger partial charge in [0.25, 0.3) is 0 Å². The lowest BCUT2D eigenvalue weighted by Crippen LogP contribution is -2.59. The monoisotopic (exact) mass is 589 g/mol. The Balaban J connectivity index is 1.77. The number of rotatable bonds is 8. The molecule has 2 unspecified atom stereocenters. The maximum atomic E-state index is 12.9. The number of pyridine rings is 1. The number of carbonyl (C=O) groups excluding carboxylic acids is 4. The highest BCUT2D eigenvalue weighted by Crippen LogP contribution is 2.38. The minimum absolute atomic E-state index is 0.00153. The van der Waals surface area contributed by atoms with Crippen molar-refractivity contribution in [3.63, 3.8) is 0 Å². The Labute approximate surface area is 238 Å². The summed E-state index contributed by atoms with van der Waals surface area (Å²) in [4.78, 5) is 60.7. The van der Waals surface area contributed by atoms with Gasteiger partial charge in [-0.25, -0.2) is 9.48 Å². The van der Waals surface area contributed by atoms with E-state index in [1.807, 2.05) is 0 Å². The van der Waals surface area contributed by atoms with Gasteiger partial charge in [-0.1, -0.05) is 23.7 Å². The molecule has 218 valence electrons. The highest BCUT2D eigenvalue weighted by Gasteiger charge is 2.52. The van der Waals surface area contributed by atoms with Gasteiger partial charge in [-0.05, 0) is 35.4 Å². The number of hydrogen-bond donors (Lipinski definition) is 0. The van der Waals surface area contributed by atoms with E-state index >= 15 is 0 Å². The molecular formula is C27H28ClN3O10. The number of nitrogens with zero attached hydrogens (tertiary/aromatic N) is 3. The molecule has 5 atom stereocenters. The van der Waals surface area contributed by atoms with Crippen LogP contribution in [0.3, 0.4) is 0 Å². The van der Waals surface area contributed by atoms with E-state index in [2.05, 4.69) is 5.10 Å². The average molecular weight is 590 g/mol. The highest BCUT2D eigenvalue weighted by molar-refractivity contribution is 6.31. The fraction of sp³-hybridized carbons (Fsp3) is 0.407. The molecule has 0 N–H and O–H groups in total. The molecule has 41 heavy (non-hydrogen) atoms. The molecule has 1 saturated heterocycles. The summed E-state index contributed by atoms with van der Waals surface area (Å²) < 4.78 is 30.5. The van der Waals surface area contributed by atoms with E-state index in [-0.39, 0.29) is 18.8 Å². The van der Waals surface area contributed by atoms with E-state index in [0.717, 1.165) is 20.8 Å². The molecular weight excluding hydrogens is 562 g/mol. The summed E-state index contributed by atoms with van der Waals surface area (Å²) in [5, 5.41) is 4.66. The maximum absolute atomic E-state index is 12.9. The lowest BCUT2D eigenvalue weighted by Gasteiger charge is -2.44. The quantitative estimate of drug-likeness (QED) is 0.280. The molecule has 4 rings (SSSR count). The highest BCUT2D eigenvalue weighted by atomic mass is 35.5. The third-order valence-corrected chi connectivity index (χ3v) is 6.57. The first-order valence-electron chi connectivity index (χ1n) is 12.6. The van der Waals surface area contributed by atoms with Crippen molar-refractivity contribution in [2.75, 3.05) is 6.61 Å². The van der Waals surface area contributed by atoms with Crippen molar-refractivity contribution < 1.29 is 42.9 Å². The maximum Gasteiger partial charge on any atom is 0.350 e. The van der Waals surface area contributed by atoms with Crippen molar-refractivity contribution in [3.05, 3.63) is 69.2 Å². The SMILES string of the molecule is CC(=O)OCC1O[C@@H](c2ccc(Cl)c(Cn3nc4ccccn4c3=O)c2)[C@@H](OC(C)=O)C(OC(C)=O)[C@@H]1OC(C)=O. The van der Waals surface area contributed by atoms with Crippen molar-refractivity contribution >= 4 is 41.1 Å². The van der Waals surface area contributed by atoms with Crippen LogP contribution in [0.1, 0.15) is 44.9 Å². The van der Waals surface area contributed by atoms with Gasteiger partial charge in [-0.15, -0.1) is 5.10 Å². The zero-order chi connectivity index (χ0) is 29.8. The van der Waals surface area contributed by atoms with Crippen molar-refractivity contribution in [2.45, 2.75) is 64.8 Å². The fourth-order valence-corrected chi connectivity index (χ4v) is 4.80. The number of fused-ring (bicyclic) bond motifs is 1. The Morgan fingerprint density at radius 1 is 0.902 bits per heavy atom. The molecule has 3 aromatic rings. The largest absolute Gasteiger partial charge is 0.463 e. The molecule has 13 nitrogen and oxygen atoms in total. The van der Waals surface area contributed by atoms with Gasteiger partial charge >= 0.3 is 29.6 Å². The van der Waals surface area contributed by atoms with Gasteiger partial charge in [0.15, 0.2) is 24.0 Å². The molecule has 0 spiro atoms. The van der Waals surface area contributed by atoms with E-state index < -0.39 is 54.4 Å². The molecule has 1 aliphatic heterocycles. The Morgan fingerprint density at radius 3 is 2.20 bits per heavy atom. The zero-order valence-corrected chi connectivity index (χ0v) is 23.4. The van der Waals surface area contributed by atoms with Gasteiger partial charge in [0.2, 0.25) is 0 Å². The van der Waals surface area contributed by atoms with Crippen LogP contribution in [0, 0.1) is 0 Å². The number of carbonyl (C=O) groups is 4. The number of hydrogen-bond acceptors (Lipinski definition) is 11. The standard InChI is InChI=1S/C27H28ClN3O10/c1-14(32)37-13-21-24(38-15(2)33)26(40-17(4)35)25(39-16(3)34)23(41-21)18-8-9-20(28)19(11-18)12-31-27(36)30-10-6-5-7-22(30)29-31/h5-11,21,23-26H,12-13H2,1-4H3/t21?,23-,24+,25+,26?/m0/s1. The van der Waals surface area contributed by atoms with Gasteiger partial charge in [-0.3, -0.25) is 23.6 Å². The van der Waals surface area contributed by atoms with Crippen LogP contribution >= 0.6 is 11.6 Å². The van der Waals surface area contributed by atoms with Crippen LogP contribution < -0.4 is 5.69 Å². The lowest BCUT2D eigenvalue weighted by molar-refractivity contribution is -0.254. The van der Waals surface area contributed by atoms with E-state index in [1.165, 1.54) is 16.0 Å². The molecule has 2 aromatic heterocycles. The van der Waals surface area contributed by atoms with Gasteiger partial charge < -0.3 is 23.7 Å². The van der Waals surface area contributed by atoms with Crippen molar-refractivity contribution in [1.82, 2.24) is 14.2 Å². The molecule has 0 bridgehead atoms. The molecule has 1 aliphatic rings. The summed E-state index contributed by atoms with van der Waals surface area (Å²) in [6.45, 7) is 4.29. The molecule has 0 radical (unpaired) electrons. The molecule has 0 aliphatic carbocycles. The second kappa shape index (κ2) is 12.5. The number of ether oxygens (including phenoxy) is 5. The second-order valence-corrected chi connectivity index (χ2v) is 9.75. The minimum Gasteiger partial charge on any atom is -0.463 e. The zero-order valence-electron chi connectivity index (χ0n) is 22.6. The summed E-state index contributed by atoms with van der Waals surface area (Å²) in [6.07, 6.45) is -4.48. The summed E-state index contributed by atoms with van der Waals surface area (Å²) in [5.74, 6) is -2.80. The normalized spacial score (nSPS) is 22.1. The van der Waals surface area contributed by atoms with Crippen LogP contribution in [0.2, 0.25) is 5.02 Å². The van der Waals surface area contributed by atoms with E-state index in [4.69, 9.17) is 35.3 Å². The van der Waals surface area contributed by atoms with Gasteiger partial charge in [0, 0.05) is 38.9 Å². The van der Waals surface area contributed by atoms with Crippen LogP contribution in [0.4, 0.5) is 0 Å². The van der Waals surface area contributed by atoms with E-state index in [1.54, 1.807) is 42.6 Å². The Morgan fingerprint density at radius 2 is 1.56 bits per heavy atom. The van der Waals surface area contributed by atoms with Crippen LogP contribution in [-0.2, 0) is 49.4 Å². The van der Waals surface area contributed by atoms with Gasteiger partial charge in [-0.2, -0.15) is 0 Å². The predicted octanol–water partition coefficient (Wildman–Crippen LogP) is 2.00. The predicted molar refractivity (Wildman–Crippen MR) is 141 cm³/mol. The Kier molecular flexibility index (Phi) is 9.08. The second-order valence-electron chi connectivity index (χ2n) is 9.34. The van der Waals surface area contributed by atoms with Crippen LogP contribution in [0.25, 0.3) is 5.65 Å². The smallest absolute Gasteiger partial charge is 0.350 e. The molecule has 0 amide bonds. The lowest BCUT2D eigenvalue weighted by atomic mass is 9.90. The van der Waals surface area contributed by atoms with Crippen molar-refractivity contribution in [3.8, 4) is 0 Å². The number of benzene rings is 1. The first-order chi connectivity index (χ1) is 19.4. The van der Waals surface area contributed by atoms with Crippen LogP contribution in [0.15, 0.2) is 47.4 Å². The third kappa shape index (κ3) is 6.92. The average Bonchev–Trinajstić information content (AvgIpc) is 3.21. The van der Waals surface area contributed by atoms with Gasteiger partial charge in [0.05, 0.1) is 6.54 Å². The first kappa shape index (κ1) is 29.7. The third-order valence-electron chi connectivity index (χ3n) is 6.20. The molecule has 1 fully saturated rings. The Hall–Kier alpha value is -4.23. The number of halogens is 1. The molecule has 0 saturated carbocycles. The Bertz CT molecular complexity index is 1530. The fourth-order valence-electron chi connectivity index (χ4n) is 4.62. The molecule has 1 aromatic carbocycles. The van der Waals surface area contributed by atoms with E-state index in [9.17, 15) is 24.0 Å². The summed E-state index contributed by atoms with van der Waals surface area (Å²) in [6, 6.07) is 9.97. The minimum atomic E-state index is -1.32. The van der Waals surface area contributed by atoms with Gasteiger partial charge in [0.1, 0.15) is 18.8 Å².